The van der Waals surface area contributed by atoms with E-state index in [0.29, 0.717) is 35.3 Å². The highest BCUT2D eigenvalue weighted by Gasteiger charge is 2.16. The minimum Gasteiger partial charge on any atom is -0.486 e. The topological polar surface area (TPSA) is 76.1 Å². The van der Waals surface area contributed by atoms with Gasteiger partial charge in [0.1, 0.15) is 13.2 Å². The summed E-state index contributed by atoms with van der Waals surface area (Å²) in [5, 5.41) is 9.02. The maximum atomic E-state index is 11.9. The van der Waals surface area contributed by atoms with Crippen molar-refractivity contribution < 1.29 is 24.2 Å². The molecule has 1 amide bonds. The quantitative estimate of drug-likeness (QED) is 0.839. The van der Waals surface area contributed by atoms with Gasteiger partial charge in [0.05, 0.1) is 11.4 Å². The van der Waals surface area contributed by atoms with Gasteiger partial charge in [-0.1, -0.05) is 11.6 Å². The van der Waals surface area contributed by atoms with E-state index < -0.39 is 5.97 Å². The minimum atomic E-state index is -0.942. The van der Waals surface area contributed by atoms with Gasteiger partial charge in [0.25, 0.3) is 0 Å². The van der Waals surface area contributed by atoms with Gasteiger partial charge in [-0.3, -0.25) is 9.59 Å². The van der Waals surface area contributed by atoms with E-state index in [0.717, 1.165) is 0 Å². The molecule has 0 unspecified atom stereocenters. The molecule has 6 nitrogen and oxygen atoms in total. The Morgan fingerprint density at radius 3 is 2.82 bits per heavy atom. The van der Waals surface area contributed by atoms with Crippen molar-refractivity contribution in [3.05, 3.63) is 28.8 Å². The number of halogens is 1. The van der Waals surface area contributed by atoms with Crippen molar-refractivity contribution in [3.63, 3.8) is 0 Å². The molecule has 1 aliphatic heterocycles. The number of hydrogen-bond acceptors (Lipinski definition) is 4. The second kappa shape index (κ2) is 7.17. The summed E-state index contributed by atoms with van der Waals surface area (Å²) in [5.74, 6) is -0.172. The summed E-state index contributed by atoms with van der Waals surface area (Å²) in [6.45, 7) is 1.06. The summed E-state index contributed by atoms with van der Waals surface area (Å²) in [7, 11) is 1.55. The Morgan fingerprint density at radius 2 is 2.09 bits per heavy atom. The van der Waals surface area contributed by atoms with E-state index in [9.17, 15) is 9.59 Å². The summed E-state index contributed by atoms with van der Waals surface area (Å²) < 4.78 is 10.9. The van der Waals surface area contributed by atoms with Crippen molar-refractivity contribution in [3.8, 4) is 11.5 Å². The molecule has 0 bridgehead atoms. The molecule has 1 aliphatic rings. The molecule has 7 heteroatoms. The number of amides is 1. The highest BCUT2D eigenvalue weighted by Crippen LogP contribution is 2.38. The predicted molar refractivity (Wildman–Crippen MR) is 81.4 cm³/mol. The van der Waals surface area contributed by atoms with Crippen LogP contribution in [0.25, 0.3) is 6.08 Å². The second-order valence-corrected chi connectivity index (χ2v) is 5.17. The molecule has 0 saturated carbocycles. The molecule has 1 N–H and O–H groups in total. The van der Waals surface area contributed by atoms with Gasteiger partial charge in [0, 0.05) is 19.7 Å². The third-order valence-electron chi connectivity index (χ3n) is 3.07. The van der Waals surface area contributed by atoms with Crippen LogP contribution in [-0.2, 0) is 9.59 Å². The van der Waals surface area contributed by atoms with Gasteiger partial charge in [-0.05, 0) is 23.8 Å². The monoisotopic (exact) mass is 325 g/mol. The summed E-state index contributed by atoms with van der Waals surface area (Å²) >= 11 is 6.11. The fourth-order valence-corrected chi connectivity index (χ4v) is 2.17. The molecule has 0 aliphatic carbocycles. The number of carboxylic acid groups (broad SMARTS) is 1. The van der Waals surface area contributed by atoms with Crippen LogP contribution < -0.4 is 9.47 Å². The standard InChI is InChI=1S/C15H16ClNO5/c1-17(5-4-14(19)20)13(18)3-2-10-8-11(16)15-12(9-10)21-6-7-22-15/h2-3,8-9H,4-7H2,1H3,(H,19,20)/b3-2+. The van der Waals surface area contributed by atoms with E-state index in [2.05, 4.69) is 0 Å². The van der Waals surface area contributed by atoms with Crippen molar-refractivity contribution in [1.82, 2.24) is 4.90 Å². The van der Waals surface area contributed by atoms with Gasteiger partial charge in [0.15, 0.2) is 11.5 Å². The first kappa shape index (κ1) is 16.2. The van der Waals surface area contributed by atoms with Gasteiger partial charge in [0.2, 0.25) is 5.91 Å². The second-order valence-electron chi connectivity index (χ2n) is 4.76. The highest BCUT2D eigenvalue weighted by molar-refractivity contribution is 6.32. The van der Waals surface area contributed by atoms with E-state index in [-0.39, 0.29) is 18.9 Å². The van der Waals surface area contributed by atoms with Crippen molar-refractivity contribution in [2.45, 2.75) is 6.42 Å². The van der Waals surface area contributed by atoms with E-state index in [1.165, 1.54) is 11.0 Å². The highest BCUT2D eigenvalue weighted by atomic mass is 35.5. The van der Waals surface area contributed by atoms with Gasteiger partial charge < -0.3 is 19.5 Å². The van der Waals surface area contributed by atoms with Crippen LogP contribution in [0.4, 0.5) is 0 Å². The molecule has 0 saturated heterocycles. The average Bonchev–Trinajstić information content (AvgIpc) is 2.50. The number of ether oxygens (including phenoxy) is 2. The Balaban J connectivity index is 2.05. The molecule has 1 aromatic carbocycles. The van der Waals surface area contributed by atoms with E-state index in [4.69, 9.17) is 26.2 Å². The number of hydrogen-bond donors (Lipinski definition) is 1. The lowest BCUT2D eigenvalue weighted by Gasteiger charge is -2.19. The number of likely N-dealkylation sites (N-methyl/N-ethyl adjacent to an activating group) is 1. The summed E-state index contributed by atoms with van der Waals surface area (Å²) in [6.07, 6.45) is 2.87. The number of carboxylic acids is 1. The zero-order valence-corrected chi connectivity index (χ0v) is 12.8. The number of rotatable bonds is 5. The van der Waals surface area contributed by atoms with Gasteiger partial charge in [-0.15, -0.1) is 0 Å². The first-order chi connectivity index (χ1) is 10.5. The third kappa shape index (κ3) is 4.14. The van der Waals surface area contributed by atoms with Crippen molar-refractivity contribution >= 4 is 29.6 Å². The van der Waals surface area contributed by atoms with E-state index in [1.54, 1.807) is 25.3 Å². The van der Waals surface area contributed by atoms with Crippen LogP contribution in [0, 0.1) is 0 Å². The van der Waals surface area contributed by atoms with Crippen LogP contribution in [-0.4, -0.2) is 48.7 Å². The maximum absolute atomic E-state index is 11.9. The van der Waals surface area contributed by atoms with E-state index in [1.807, 2.05) is 0 Å². The largest absolute Gasteiger partial charge is 0.486 e. The normalized spacial score (nSPS) is 13.2. The van der Waals surface area contributed by atoms with Gasteiger partial charge in [-0.25, -0.2) is 0 Å². The summed E-state index contributed by atoms with van der Waals surface area (Å²) in [6, 6.07) is 3.41. The Morgan fingerprint density at radius 1 is 1.36 bits per heavy atom. The molecule has 118 valence electrons. The Hall–Kier alpha value is -2.21. The molecule has 1 aromatic rings. The van der Waals surface area contributed by atoms with Crippen LogP contribution in [0.3, 0.4) is 0 Å². The maximum Gasteiger partial charge on any atom is 0.305 e. The third-order valence-corrected chi connectivity index (χ3v) is 3.36. The SMILES string of the molecule is CN(CCC(=O)O)C(=O)/C=C/c1cc(Cl)c2c(c1)OCCO2. The number of aliphatic carboxylic acids is 1. The van der Waals surface area contributed by atoms with Crippen LogP contribution in [0.15, 0.2) is 18.2 Å². The van der Waals surface area contributed by atoms with Gasteiger partial charge in [-0.2, -0.15) is 0 Å². The zero-order valence-electron chi connectivity index (χ0n) is 12.0. The average molecular weight is 326 g/mol. The fraction of sp³-hybridized carbons (Fsp3) is 0.333. The molecule has 1 heterocycles. The number of carbonyl (C=O) groups excluding carboxylic acids is 1. The van der Waals surface area contributed by atoms with Crippen LogP contribution >= 0.6 is 11.6 Å². The minimum absolute atomic E-state index is 0.0913. The zero-order chi connectivity index (χ0) is 16.1. The lowest BCUT2D eigenvalue weighted by Crippen LogP contribution is -2.27. The first-order valence-corrected chi connectivity index (χ1v) is 7.09. The number of nitrogens with zero attached hydrogens (tertiary/aromatic N) is 1. The van der Waals surface area contributed by atoms with Crippen molar-refractivity contribution in [2.75, 3.05) is 26.8 Å². The number of fused-ring (bicyclic) bond motifs is 1. The molecule has 0 fully saturated rings. The predicted octanol–water partition coefficient (Wildman–Crippen LogP) is 2.06. The lowest BCUT2D eigenvalue weighted by molar-refractivity contribution is -0.137. The summed E-state index contributed by atoms with van der Waals surface area (Å²) in [4.78, 5) is 23.7. The Bertz CT molecular complexity index is 614. The molecule has 0 aromatic heterocycles. The van der Waals surface area contributed by atoms with E-state index >= 15 is 0 Å². The molecular formula is C15H16ClNO5. The first-order valence-electron chi connectivity index (χ1n) is 6.71. The fourth-order valence-electron chi connectivity index (χ4n) is 1.90. The Labute approximate surface area is 132 Å². The van der Waals surface area contributed by atoms with Crippen molar-refractivity contribution in [1.29, 1.82) is 0 Å². The Kier molecular flexibility index (Phi) is 5.27. The van der Waals surface area contributed by atoms with Crippen molar-refractivity contribution in [2.24, 2.45) is 0 Å². The molecule has 0 radical (unpaired) electrons. The molecule has 0 atom stereocenters. The summed E-state index contributed by atoms with van der Waals surface area (Å²) in [5.41, 5.74) is 0.703. The molecule has 22 heavy (non-hydrogen) atoms. The molecular weight excluding hydrogens is 310 g/mol. The number of carbonyl (C=O) groups is 2. The number of benzene rings is 1. The molecule has 0 spiro atoms. The molecule has 2 rings (SSSR count). The van der Waals surface area contributed by atoms with Crippen LogP contribution in [0.5, 0.6) is 11.5 Å². The van der Waals surface area contributed by atoms with Gasteiger partial charge >= 0.3 is 5.97 Å². The van der Waals surface area contributed by atoms with Crippen LogP contribution in [0.1, 0.15) is 12.0 Å². The van der Waals surface area contributed by atoms with Crippen LogP contribution in [0.2, 0.25) is 5.02 Å². The lowest BCUT2D eigenvalue weighted by atomic mass is 10.1. The smallest absolute Gasteiger partial charge is 0.305 e.